The lowest BCUT2D eigenvalue weighted by atomic mass is 9.69. The topological polar surface area (TPSA) is 0 Å². The van der Waals surface area contributed by atoms with Gasteiger partial charge in [0.25, 0.3) is 0 Å². The van der Waals surface area contributed by atoms with Crippen molar-refractivity contribution in [2.24, 2.45) is 29.6 Å². The third-order valence-electron chi connectivity index (χ3n) is 6.50. The second-order valence-corrected chi connectivity index (χ2v) is 7.78. The van der Waals surface area contributed by atoms with Crippen LogP contribution in [0.15, 0.2) is 0 Å². The average Bonchev–Trinajstić information content (AvgIpc) is 2.49. The van der Waals surface area contributed by atoms with Crippen LogP contribution in [0.2, 0.25) is 0 Å². The Labute approximate surface area is 135 Å². The maximum Gasteiger partial charge on any atom is -0.0386 e. The highest BCUT2D eigenvalue weighted by atomic mass is 14.3. The summed E-state index contributed by atoms with van der Waals surface area (Å²) in [5.74, 6) is 5.17. The lowest BCUT2D eigenvalue weighted by Crippen LogP contribution is -2.26. The molecular weight excluding hydrogens is 252 g/mol. The Morgan fingerprint density at radius 2 is 1.24 bits per heavy atom. The van der Waals surface area contributed by atoms with E-state index in [0.717, 1.165) is 29.6 Å². The molecule has 0 aromatic heterocycles. The molecule has 0 N–H and O–H groups in total. The minimum atomic E-state index is 1.01. The molecule has 0 radical (unpaired) electrons. The van der Waals surface area contributed by atoms with Gasteiger partial charge in [-0.15, -0.1) is 0 Å². The highest BCUT2D eigenvalue weighted by Gasteiger charge is 2.29. The predicted octanol–water partition coefficient (Wildman–Crippen LogP) is 7.47. The largest absolute Gasteiger partial charge is 0.0683 e. The van der Waals surface area contributed by atoms with Crippen LogP contribution in [0.4, 0.5) is 0 Å². The maximum absolute atomic E-state index is 2.59. The molecule has 2 fully saturated rings. The van der Waals surface area contributed by atoms with E-state index in [9.17, 15) is 0 Å². The molecule has 21 heavy (non-hydrogen) atoms. The van der Waals surface area contributed by atoms with Gasteiger partial charge in [-0.05, 0) is 42.4 Å². The van der Waals surface area contributed by atoms with E-state index < -0.39 is 0 Å². The lowest BCUT2D eigenvalue weighted by molar-refractivity contribution is 0.145. The summed E-state index contributed by atoms with van der Waals surface area (Å²) in [4.78, 5) is 0. The Kier molecular flexibility index (Phi) is 9.69. The zero-order valence-electron chi connectivity index (χ0n) is 15.7. The zero-order valence-corrected chi connectivity index (χ0v) is 15.7. The van der Waals surface area contributed by atoms with E-state index in [1.165, 1.54) is 70.6 Å². The standard InChI is InChI=1S/C19H36.C2H6/c1-4-17-7-5-9-18(10-6-8-17)16(3)19-13-11-15(2)12-14-19;1-2/h15-19H,4-14H2,1-3H3;1-2H3. The van der Waals surface area contributed by atoms with Gasteiger partial charge in [0.2, 0.25) is 0 Å². The van der Waals surface area contributed by atoms with Crippen molar-refractivity contribution in [2.75, 3.05) is 0 Å². The fourth-order valence-electron chi connectivity index (χ4n) is 4.76. The molecule has 0 aromatic rings. The molecule has 2 rings (SSSR count). The fourth-order valence-corrected chi connectivity index (χ4v) is 4.76. The second-order valence-electron chi connectivity index (χ2n) is 7.78. The number of rotatable bonds is 3. The van der Waals surface area contributed by atoms with E-state index in [-0.39, 0.29) is 0 Å². The quantitative estimate of drug-likeness (QED) is 0.506. The van der Waals surface area contributed by atoms with E-state index in [2.05, 4.69) is 20.8 Å². The van der Waals surface area contributed by atoms with Gasteiger partial charge in [-0.2, -0.15) is 0 Å². The predicted molar refractivity (Wildman–Crippen MR) is 96.6 cm³/mol. The second kappa shape index (κ2) is 10.7. The van der Waals surface area contributed by atoms with Crippen LogP contribution >= 0.6 is 0 Å². The molecule has 0 nitrogen and oxygen atoms in total. The summed E-state index contributed by atoms with van der Waals surface area (Å²) in [6, 6.07) is 0. The van der Waals surface area contributed by atoms with Gasteiger partial charge in [0, 0.05) is 0 Å². The van der Waals surface area contributed by atoms with Crippen molar-refractivity contribution in [3.63, 3.8) is 0 Å². The number of hydrogen-bond donors (Lipinski definition) is 0. The zero-order chi connectivity index (χ0) is 15.7. The van der Waals surface area contributed by atoms with Crippen LogP contribution in [0.5, 0.6) is 0 Å². The molecular formula is C21H42. The summed E-state index contributed by atoms with van der Waals surface area (Å²) in [6.07, 6.45) is 16.6. The molecule has 0 heterocycles. The van der Waals surface area contributed by atoms with E-state index in [1.54, 1.807) is 0 Å². The molecule has 0 saturated heterocycles. The Morgan fingerprint density at radius 3 is 1.71 bits per heavy atom. The van der Waals surface area contributed by atoms with Gasteiger partial charge in [-0.1, -0.05) is 92.4 Å². The summed E-state index contributed by atoms with van der Waals surface area (Å²) in [6.45, 7) is 11.4. The summed E-state index contributed by atoms with van der Waals surface area (Å²) in [5, 5.41) is 0. The van der Waals surface area contributed by atoms with Crippen LogP contribution in [0.25, 0.3) is 0 Å². The first-order valence-electron chi connectivity index (χ1n) is 10.2. The summed E-state index contributed by atoms with van der Waals surface area (Å²) < 4.78 is 0. The van der Waals surface area contributed by atoms with Crippen LogP contribution in [-0.2, 0) is 0 Å². The summed E-state index contributed by atoms with van der Waals surface area (Å²) in [5.41, 5.74) is 0. The molecule has 2 aliphatic carbocycles. The van der Waals surface area contributed by atoms with Gasteiger partial charge in [-0.25, -0.2) is 0 Å². The Hall–Kier alpha value is 0. The van der Waals surface area contributed by atoms with Crippen LogP contribution in [0.3, 0.4) is 0 Å². The first-order chi connectivity index (χ1) is 10.2. The van der Waals surface area contributed by atoms with Gasteiger partial charge >= 0.3 is 0 Å². The van der Waals surface area contributed by atoms with Crippen molar-refractivity contribution in [1.82, 2.24) is 0 Å². The highest BCUT2D eigenvalue weighted by molar-refractivity contribution is 4.80. The van der Waals surface area contributed by atoms with Crippen molar-refractivity contribution < 1.29 is 0 Å². The smallest absolute Gasteiger partial charge is 0.0386 e. The van der Waals surface area contributed by atoms with Gasteiger partial charge in [0.1, 0.15) is 0 Å². The average molecular weight is 295 g/mol. The van der Waals surface area contributed by atoms with Gasteiger partial charge in [0.15, 0.2) is 0 Å². The molecule has 1 unspecified atom stereocenters. The van der Waals surface area contributed by atoms with Gasteiger partial charge in [-0.3, -0.25) is 0 Å². The Bertz CT molecular complexity index is 226. The van der Waals surface area contributed by atoms with Crippen LogP contribution < -0.4 is 0 Å². The highest BCUT2D eigenvalue weighted by Crippen LogP contribution is 2.40. The monoisotopic (exact) mass is 294 g/mol. The molecule has 126 valence electrons. The maximum atomic E-state index is 2.59. The molecule has 1 atom stereocenters. The van der Waals surface area contributed by atoms with E-state index in [4.69, 9.17) is 0 Å². The minimum Gasteiger partial charge on any atom is -0.0683 e. The van der Waals surface area contributed by atoms with Crippen LogP contribution in [0.1, 0.15) is 105 Å². The van der Waals surface area contributed by atoms with Crippen molar-refractivity contribution in [3.8, 4) is 0 Å². The molecule has 0 bridgehead atoms. The molecule has 2 saturated carbocycles. The normalized spacial score (nSPS) is 35.9. The molecule has 2 aliphatic rings. The van der Waals surface area contributed by atoms with Crippen molar-refractivity contribution in [1.29, 1.82) is 0 Å². The molecule has 0 aliphatic heterocycles. The van der Waals surface area contributed by atoms with E-state index in [0.29, 0.717) is 0 Å². The lowest BCUT2D eigenvalue weighted by Gasteiger charge is -2.36. The van der Waals surface area contributed by atoms with E-state index >= 15 is 0 Å². The minimum absolute atomic E-state index is 1.01. The van der Waals surface area contributed by atoms with Crippen molar-refractivity contribution in [2.45, 2.75) is 105 Å². The van der Waals surface area contributed by atoms with Crippen molar-refractivity contribution >= 4 is 0 Å². The molecule has 0 spiro atoms. The molecule has 0 heteroatoms. The Balaban J connectivity index is 0.00000106. The van der Waals surface area contributed by atoms with Crippen LogP contribution in [-0.4, -0.2) is 0 Å². The third kappa shape index (κ3) is 6.33. The van der Waals surface area contributed by atoms with E-state index in [1.807, 2.05) is 13.8 Å². The van der Waals surface area contributed by atoms with Gasteiger partial charge in [0.05, 0.1) is 0 Å². The Morgan fingerprint density at radius 1 is 0.762 bits per heavy atom. The summed E-state index contributed by atoms with van der Waals surface area (Å²) in [7, 11) is 0. The first-order valence-corrected chi connectivity index (χ1v) is 10.2. The van der Waals surface area contributed by atoms with Crippen molar-refractivity contribution in [3.05, 3.63) is 0 Å². The number of hydrogen-bond acceptors (Lipinski definition) is 0. The molecule has 0 amide bonds. The van der Waals surface area contributed by atoms with Gasteiger partial charge < -0.3 is 0 Å². The van der Waals surface area contributed by atoms with Crippen LogP contribution in [0, 0.1) is 29.6 Å². The summed E-state index contributed by atoms with van der Waals surface area (Å²) >= 11 is 0. The fraction of sp³-hybridized carbons (Fsp3) is 1.00. The third-order valence-corrected chi connectivity index (χ3v) is 6.50. The molecule has 0 aromatic carbocycles. The first kappa shape index (κ1) is 19.0. The SMILES string of the molecule is CC.CCC1CCCC(C(C)C2CCC(C)CC2)CCC1.